The second kappa shape index (κ2) is 11.0. The zero-order valence-corrected chi connectivity index (χ0v) is 20.1. The summed E-state index contributed by atoms with van der Waals surface area (Å²) < 4.78 is 5.42. The Balaban J connectivity index is 1.66. The number of aromatic nitrogens is 1. The molecule has 0 bridgehead atoms. The lowest BCUT2D eigenvalue weighted by atomic mass is 9.87. The van der Waals surface area contributed by atoms with Gasteiger partial charge >= 0.3 is 0 Å². The van der Waals surface area contributed by atoms with Crippen LogP contribution < -0.4 is 20.7 Å². The van der Waals surface area contributed by atoms with E-state index in [0.717, 1.165) is 42.5 Å². The third-order valence-corrected chi connectivity index (χ3v) is 6.10. The maximum absolute atomic E-state index is 12.1. The maximum atomic E-state index is 12.1. The molecule has 3 rings (SSSR count). The Hall–Kier alpha value is -2.60. The minimum absolute atomic E-state index is 0.0220. The number of methoxy groups -OCH3 is 1. The van der Waals surface area contributed by atoms with Gasteiger partial charge in [0, 0.05) is 36.0 Å². The predicted molar refractivity (Wildman–Crippen MR) is 129 cm³/mol. The monoisotopic (exact) mass is 455 g/mol. The molecule has 0 aliphatic carbocycles. The number of aromatic amines is 1. The van der Waals surface area contributed by atoms with Gasteiger partial charge < -0.3 is 25.5 Å². The van der Waals surface area contributed by atoms with Crippen molar-refractivity contribution >= 4 is 16.8 Å². The van der Waals surface area contributed by atoms with Gasteiger partial charge in [0.2, 0.25) is 5.91 Å². The molecule has 1 aromatic carbocycles. The molecule has 33 heavy (non-hydrogen) atoms. The number of ether oxygens (including phenoxy) is 1. The Morgan fingerprint density at radius 2 is 2.15 bits per heavy atom. The fourth-order valence-corrected chi connectivity index (χ4v) is 4.53. The Morgan fingerprint density at radius 3 is 2.82 bits per heavy atom. The van der Waals surface area contributed by atoms with Crippen LogP contribution in [0.3, 0.4) is 0 Å². The van der Waals surface area contributed by atoms with E-state index in [1.807, 2.05) is 24.3 Å². The minimum atomic E-state index is -0.902. The Labute approximate surface area is 196 Å². The fraction of sp³-hybridized carbons (Fsp3) is 0.600. The largest absolute Gasteiger partial charge is 0.496 e. The predicted octanol–water partition coefficient (Wildman–Crippen LogP) is 2.96. The number of fused-ring (bicyclic) bond motifs is 1. The molecule has 0 saturated carbocycles. The fourth-order valence-electron chi connectivity index (χ4n) is 4.53. The van der Waals surface area contributed by atoms with Crippen molar-refractivity contribution < 1.29 is 14.6 Å². The number of rotatable bonds is 10. The number of nitriles is 1. The van der Waals surface area contributed by atoms with Crippen LogP contribution in [-0.4, -0.2) is 48.3 Å². The van der Waals surface area contributed by atoms with Gasteiger partial charge in [0.1, 0.15) is 12.0 Å². The van der Waals surface area contributed by atoms with Crippen LogP contribution in [0.1, 0.15) is 58.4 Å². The van der Waals surface area contributed by atoms with E-state index in [2.05, 4.69) is 47.8 Å². The summed E-state index contributed by atoms with van der Waals surface area (Å²) in [5.74, 6) is 0.660. The van der Waals surface area contributed by atoms with Crippen molar-refractivity contribution in [3.8, 4) is 11.8 Å². The minimum Gasteiger partial charge on any atom is -0.496 e. The lowest BCUT2D eigenvalue weighted by Crippen LogP contribution is -2.47. The van der Waals surface area contributed by atoms with Crippen molar-refractivity contribution in [1.29, 1.82) is 5.26 Å². The lowest BCUT2D eigenvalue weighted by molar-refractivity contribution is -0.126. The summed E-state index contributed by atoms with van der Waals surface area (Å²) >= 11 is 0. The number of H-pyrrole nitrogens is 1. The van der Waals surface area contributed by atoms with Gasteiger partial charge in [-0.1, -0.05) is 26.8 Å². The number of carbonyl (C=O) groups excluding carboxylic acids is 1. The standard InChI is InChI=1S/C25H37N5O3/c1-25(2,3)13-18(15-28-17(14-26)11-16-7-6-10-27-23(16)31)29-24(32)21-12-19-20(30-21)8-5-9-22(19)33-4/h5,8-9,12,16-18,24,28-30,32H,6-7,10-11,13,15H2,1-4H3,(H,27,31)/t16-,17-,18-,24?/m0/s1. The molecule has 1 saturated heterocycles. The summed E-state index contributed by atoms with van der Waals surface area (Å²) in [6, 6.07) is 9.44. The van der Waals surface area contributed by atoms with Crippen LogP contribution in [0.5, 0.6) is 5.75 Å². The Morgan fingerprint density at radius 1 is 1.36 bits per heavy atom. The van der Waals surface area contributed by atoms with Gasteiger partial charge in [0.25, 0.3) is 0 Å². The van der Waals surface area contributed by atoms with Crippen molar-refractivity contribution in [2.75, 3.05) is 20.2 Å². The van der Waals surface area contributed by atoms with E-state index in [1.165, 1.54) is 0 Å². The van der Waals surface area contributed by atoms with Crippen LogP contribution in [0.25, 0.3) is 10.9 Å². The Kier molecular flexibility index (Phi) is 8.35. The number of aliphatic hydroxyl groups excluding tert-OH is 1. The summed E-state index contributed by atoms with van der Waals surface area (Å²) in [7, 11) is 1.63. The molecule has 4 atom stereocenters. The number of hydrogen-bond acceptors (Lipinski definition) is 6. The second-order valence-corrected chi connectivity index (χ2v) is 10.1. The average Bonchev–Trinajstić information content (AvgIpc) is 3.21. The van der Waals surface area contributed by atoms with Crippen LogP contribution in [0.4, 0.5) is 0 Å². The molecule has 5 N–H and O–H groups in total. The zero-order chi connectivity index (χ0) is 24.0. The number of carbonyl (C=O) groups is 1. The van der Waals surface area contributed by atoms with Crippen LogP contribution in [0, 0.1) is 22.7 Å². The summed E-state index contributed by atoms with van der Waals surface area (Å²) in [5, 5.41) is 31.0. The van der Waals surface area contributed by atoms with E-state index >= 15 is 0 Å². The van der Waals surface area contributed by atoms with Crippen LogP contribution >= 0.6 is 0 Å². The topological polar surface area (TPSA) is 122 Å². The van der Waals surface area contributed by atoms with Crippen molar-refractivity contribution in [2.24, 2.45) is 11.3 Å². The third-order valence-electron chi connectivity index (χ3n) is 6.10. The third kappa shape index (κ3) is 6.94. The number of hydrogen-bond donors (Lipinski definition) is 5. The van der Waals surface area contributed by atoms with E-state index < -0.39 is 12.3 Å². The average molecular weight is 456 g/mol. The highest BCUT2D eigenvalue weighted by Gasteiger charge is 2.27. The first-order valence-corrected chi connectivity index (χ1v) is 11.7. The molecule has 2 aromatic rings. The van der Waals surface area contributed by atoms with Crippen molar-refractivity contribution in [3.63, 3.8) is 0 Å². The number of amides is 1. The number of benzene rings is 1. The van der Waals surface area contributed by atoms with Gasteiger partial charge in [-0.3, -0.25) is 10.1 Å². The van der Waals surface area contributed by atoms with E-state index in [4.69, 9.17) is 4.74 Å². The molecule has 1 fully saturated rings. The van der Waals surface area contributed by atoms with Crippen molar-refractivity contribution in [2.45, 2.75) is 64.8 Å². The molecule has 180 valence electrons. The smallest absolute Gasteiger partial charge is 0.223 e. The first kappa shape index (κ1) is 25.0. The number of aliphatic hydroxyl groups is 1. The van der Waals surface area contributed by atoms with Gasteiger partial charge in [-0.25, -0.2) is 0 Å². The molecular weight excluding hydrogens is 418 g/mol. The summed E-state index contributed by atoms with van der Waals surface area (Å²) in [4.78, 5) is 15.4. The van der Waals surface area contributed by atoms with Crippen LogP contribution in [-0.2, 0) is 4.79 Å². The molecule has 1 unspecified atom stereocenters. The molecule has 0 spiro atoms. The number of piperidine rings is 1. The van der Waals surface area contributed by atoms with Gasteiger partial charge in [-0.2, -0.15) is 5.26 Å². The number of nitrogens with one attached hydrogen (secondary N) is 4. The maximum Gasteiger partial charge on any atom is 0.223 e. The highest BCUT2D eigenvalue weighted by Crippen LogP contribution is 2.28. The first-order chi connectivity index (χ1) is 15.7. The van der Waals surface area contributed by atoms with Gasteiger partial charge in [0.15, 0.2) is 0 Å². The highest BCUT2D eigenvalue weighted by molar-refractivity contribution is 5.86. The quantitative estimate of drug-likeness (QED) is 0.351. The molecular formula is C25H37N5O3. The summed E-state index contributed by atoms with van der Waals surface area (Å²) in [5.41, 5.74) is 1.57. The molecule has 1 amide bonds. The molecule has 8 heteroatoms. The molecule has 1 aromatic heterocycles. The van der Waals surface area contributed by atoms with E-state index in [1.54, 1.807) is 7.11 Å². The molecule has 8 nitrogen and oxygen atoms in total. The molecule has 1 aliphatic heterocycles. The van der Waals surface area contributed by atoms with E-state index in [9.17, 15) is 15.2 Å². The van der Waals surface area contributed by atoms with E-state index in [-0.39, 0.29) is 23.3 Å². The molecule has 0 radical (unpaired) electrons. The second-order valence-electron chi connectivity index (χ2n) is 10.1. The first-order valence-electron chi connectivity index (χ1n) is 11.7. The van der Waals surface area contributed by atoms with Gasteiger partial charge in [-0.15, -0.1) is 0 Å². The zero-order valence-electron chi connectivity index (χ0n) is 20.1. The van der Waals surface area contributed by atoms with Crippen molar-refractivity contribution in [3.05, 3.63) is 30.0 Å². The molecule has 2 heterocycles. The van der Waals surface area contributed by atoms with Gasteiger partial charge in [0.05, 0.1) is 24.9 Å². The normalized spacial score (nSPS) is 19.5. The lowest BCUT2D eigenvalue weighted by Gasteiger charge is -2.30. The Bertz CT molecular complexity index is 975. The van der Waals surface area contributed by atoms with Crippen LogP contribution in [0.2, 0.25) is 0 Å². The number of nitrogens with zero attached hydrogens (tertiary/aromatic N) is 1. The van der Waals surface area contributed by atoms with Crippen molar-refractivity contribution in [1.82, 2.24) is 20.9 Å². The summed E-state index contributed by atoms with van der Waals surface area (Å²) in [6.07, 6.45) is 2.15. The van der Waals surface area contributed by atoms with E-state index in [0.29, 0.717) is 18.7 Å². The summed E-state index contributed by atoms with van der Waals surface area (Å²) in [6.45, 7) is 7.67. The molecule has 1 aliphatic rings. The highest BCUT2D eigenvalue weighted by atomic mass is 16.5. The van der Waals surface area contributed by atoms with Crippen LogP contribution in [0.15, 0.2) is 24.3 Å². The SMILES string of the molecule is COc1cccc2[nH]c(C(O)N[C@H](CN[C@H](C#N)C[C@@H]3CCCNC3=O)CC(C)(C)C)cc12. The van der Waals surface area contributed by atoms with Gasteiger partial charge in [-0.05, 0) is 49.3 Å².